The maximum Gasteiger partial charge on any atom is 0.533 e. The molecule has 4 rings (SSSR count). The van der Waals surface area contributed by atoms with Crippen molar-refractivity contribution in [3.8, 4) is 11.1 Å². The van der Waals surface area contributed by atoms with Crippen molar-refractivity contribution in [1.82, 2.24) is 5.06 Å². The third-order valence-corrected chi connectivity index (χ3v) is 7.70. The molecule has 2 aromatic rings. The SMILES string of the molecule is O=C(OCC1c2cc(C(F)(F)C(F)(F)C(F)(F)C(F)(F)F)ccc2-c2ccc(C(F)(F)C(F)(F)C(F)(F)C(F)(F)F)cc21)ON1C(=O)CCC1=O. The first-order chi connectivity index (χ1) is 22.9. The Kier molecular flexibility index (Phi) is 9.12. The Morgan fingerprint density at radius 3 is 1.27 bits per heavy atom. The number of ether oxygens (including phenoxy) is 1. The second-order valence-electron chi connectivity index (χ2n) is 10.8. The third kappa shape index (κ3) is 5.86. The molecule has 0 saturated carbocycles. The fraction of sp³-hybridized carbons (Fsp3) is 0.444. The van der Waals surface area contributed by atoms with Crippen molar-refractivity contribution in [2.75, 3.05) is 6.61 Å². The molecular weight excluding hydrogens is 760 g/mol. The zero-order valence-electron chi connectivity index (χ0n) is 24.0. The summed E-state index contributed by atoms with van der Waals surface area (Å²) in [6.07, 6.45) is -17.5. The van der Waals surface area contributed by atoms with Crippen LogP contribution in [-0.2, 0) is 31.0 Å². The van der Waals surface area contributed by atoms with E-state index in [1.54, 1.807) is 0 Å². The van der Waals surface area contributed by atoms with Crippen molar-refractivity contribution in [1.29, 1.82) is 0 Å². The van der Waals surface area contributed by atoms with E-state index in [9.17, 15) is 93.4 Å². The molecule has 1 saturated heterocycles. The van der Waals surface area contributed by atoms with Crippen LogP contribution in [0.1, 0.15) is 41.0 Å². The molecule has 2 amide bonds. The van der Waals surface area contributed by atoms with Crippen LogP contribution in [0.4, 0.5) is 83.8 Å². The third-order valence-electron chi connectivity index (χ3n) is 7.70. The van der Waals surface area contributed by atoms with Crippen LogP contribution in [0.5, 0.6) is 0 Å². The van der Waals surface area contributed by atoms with Crippen LogP contribution in [-0.4, -0.2) is 65.7 Å². The number of rotatable bonds is 9. The molecule has 51 heavy (non-hydrogen) atoms. The predicted molar refractivity (Wildman–Crippen MR) is 127 cm³/mol. The van der Waals surface area contributed by atoms with Crippen LogP contribution in [0.15, 0.2) is 36.4 Å². The van der Waals surface area contributed by atoms with Gasteiger partial charge in [0.25, 0.3) is 11.8 Å². The van der Waals surface area contributed by atoms with E-state index in [2.05, 4.69) is 9.57 Å². The van der Waals surface area contributed by atoms with Gasteiger partial charge in [-0.05, 0) is 34.4 Å². The lowest BCUT2D eigenvalue weighted by molar-refractivity contribution is -0.399. The fourth-order valence-electron chi connectivity index (χ4n) is 4.95. The Bertz CT molecular complexity index is 1630. The summed E-state index contributed by atoms with van der Waals surface area (Å²) in [4.78, 5) is 39.8. The molecule has 0 bridgehead atoms. The van der Waals surface area contributed by atoms with E-state index in [1.165, 1.54) is 0 Å². The van der Waals surface area contributed by atoms with Gasteiger partial charge in [-0.1, -0.05) is 29.3 Å². The van der Waals surface area contributed by atoms with Crippen molar-refractivity contribution in [3.05, 3.63) is 58.7 Å². The molecule has 0 N–H and O–H groups in total. The van der Waals surface area contributed by atoms with E-state index >= 15 is 0 Å². The van der Waals surface area contributed by atoms with Gasteiger partial charge < -0.3 is 4.74 Å². The van der Waals surface area contributed by atoms with Crippen molar-refractivity contribution in [3.63, 3.8) is 0 Å². The highest BCUT2D eigenvalue weighted by molar-refractivity contribution is 6.01. The maximum atomic E-state index is 14.8. The van der Waals surface area contributed by atoms with Crippen LogP contribution >= 0.6 is 0 Å². The van der Waals surface area contributed by atoms with E-state index in [-0.39, 0.29) is 29.3 Å². The van der Waals surface area contributed by atoms with Gasteiger partial charge in [-0.3, -0.25) is 14.4 Å². The summed E-state index contributed by atoms with van der Waals surface area (Å²) < 4.78 is 251. The predicted octanol–water partition coefficient (Wildman–Crippen LogP) is 8.87. The van der Waals surface area contributed by atoms with Crippen molar-refractivity contribution < 1.29 is 103 Å². The summed E-state index contributed by atoms with van der Waals surface area (Å²) in [5.41, 5.74) is -7.89. The Labute approximate surface area is 269 Å². The van der Waals surface area contributed by atoms with Crippen LogP contribution in [0.2, 0.25) is 0 Å². The van der Waals surface area contributed by atoms with Crippen LogP contribution < -0.4 is 0 Å². The van der Waals surface area contributed by atoms with Gasteiger partial charge in [0.1, 0.15) is 6.61 Å². The molecule has 0 radical (unpaired) electrons. The summed E-state index contributed by atoms with van der Waals surface area (Å²) in [6, 6.07) is -0.135. The lowest BCUT2D eigenvalue weighted by Gasteiger charge is -2.34. The average molecular weight is 773 g/mol. The highest BCUT2D eigenvalue weighted by Gasteiger charge is 2.83. The number of fused-ring (bicyclic) bond motifs is 3. The van der Waals surface area contributed by atoms with Gasteiger partial charge >= 0.3 is 54.0 Å². The maximum absolute atomic E-state index is 14.8. The van der Waals surface area contributed by atoms with Gasteiger partial charge in [-0.25, -0.2) is 4.79 Å². The normalized spacial score (nSPS) is 16.8. The summed E-state index contributed by atoms with van der Waals surface area (Å²) in [6.45, 7) is -1.51. The minimum atomic E-state index is -7.40. The zero-order chi connectivity index (χ0) is 39.1. The molecule has 0 atom stereocenters. The number of benzene rings is 2. The van der Waals surface area contributed by atoms with Crippen molar-refractivity contribution in [2.45, 2.75) is 66.6 Å². The quantitative estimate of drug-likeness (QED) is 0.145. The van der Waals surface area contributed by atoms with Crippen LogP contribution in [0.25, 0.3) is 11.1 Å². The van der Waals surface area contributed by atoms with E-state index in [0.29, 0.717) is 12.1 Å². The first kappa shape index (κ1) is 39.4. The summed E-state index contributed by atoms with van der Waals surface area (Å²) in [5.74, 6) is -46.6. The summed E-state index contributed by atoms with van der Waals surface area (Å²) >= 11 is 0. The lowest BCUT2D eigenvalue weighted by Crippen LogP contribution is -2.59. The molecule has 0 spiro atoms. The van der Waals surface area contributed by atoms with Crippen molar-refractivity contribution >= 4 is 18.0 Å². The largest absolute Gasteiger partial charge is 0.533 e. The summed E-state index contributed by atoms with van der Waals surface area (Å²) in [7, 11) is 0. The number of hydroxylamine groups is 2. The van der Waals surface area contributed by atoms with Gasteiger partial charge in [0.2, 0.25) is 0 Å². The van der Waals surface area contributed by atoms with Gasteiger partial charge in [0.05, 0.1) is 0 Å². The second kappa shape index (κ2) is 11.8. The van der Waals surface area contributed by atoms with Gasteiger partial charge in [-0.15, -0.1) is 0 Å². The molecule has 0 unspecified atom stereocenters. The molecule has 6 nitrogen and oxygen atoms in total. The number of halogens is 18. The van der Waals surface area contributed by atoms with E-state index in [0.717, 1.165) is 0 Å². The zero-order valence-corrected chi connectivity index (χ0v) is 24.0. The molecule has 2 aliphatic rings. The van der Waals surface area contributed by atoms with Crippen LogP contribution in [0, 0.1) is 0 Å². The summed E-state index contributed by atoms with van der Waals surface area (Å²) in [5, 5.41) is -0.151. The Balaban J connectivity index is 1.83. The monoisotopic (exact) mass is 773 g/mol. The first-order valence-electron chi connectivity index (χ1n) is 13.3. The minimum absolute atomic E-state index is 0.147. The number of carbonyl (C=O) groups is 3. The Morgan fingerprint density at radius 2 is 0.941 bits per heavy atom. The molecule has 1 fully saturated rings. The van der Waals surface area contributed by atoms with E-state index in [4.69, 9.17) is 0 Å². The van der Waals surface area contributed by atoms with Crippen molar-refractivity contribution in [2.24, 2.45) is 0 Å². The standard InChI is InChI=1S/C27H13F18NO5/c28-20(29,22(32,33)24(36,37)26(40,41)42)10-1-3-12-13-4-2-11(21(30,31)23(34,35)25(38,39)27(43,44)45)8-15(13)16(14(12)7-10)9-50-19(49)51-46-17(47)5-6-18(46)48/h1-4,7-8,16H,5-6,9H2. The molecule has 282 valence electrons. The van der Waals surface area contributed by atoms with Crippen LogP contribution in [0.3, 0.4) is 0 Å². The number of imide groups is 1. The Hall–Kier alpha value is -4.41. The molecule has 24 heteroatoms. The highest BCUT2D eigenvalue weighted by atomic mass is 19.4. The molecule has 1 aliphatic carbocycles. The molecule has 1 heterocycles. The number of alkyl halides is 18. The Morgan fingerprint density at radius 1 is 0.588 bits per heavy atom. The molecule has 1 aliphatic heterocycles. The van der Waals surface area contributed by atoms with E-state index < -0.39 is 125 Å². The number of hydrogen-bond acceptors (Lipinski definition) is 5. The lowest BCUT2D eigenvalue weighted by atomic mass is 9.90. The van der Waals surface area contributed by atoms with Gasteiger partial charge in [0, 0.05) is 29.9 Å². The van der Waals surface area contributed by atoms with Gasteiger partial charge in [0.15, 0.2) is 0 Å². The molecule has 0 aromatic heterocycles. The molecular formula is C27H13F18NO5. The topological polar surface area (TPSA) is 72.9 Å². The van der Waals surface area contributed by atoms with E-state index in [1.807, 2.05) is 0 Å². The molecule has 2 aromatic carbocycles. The minimum Gasteiger partial charge on any atom is -0.432 e. The average Bonchev–Trinajstić information content (AvgIpc) is 3.48. The second-order valence-corrected chi connectivity index (χ2v) is 10.8. The highest BCUT2D eigenvalue weighted by Crippen LogP contribution is 2.59. The smallest absolute Gasteiger partial charge is 0.432 e. The number of hydrogen-bond donors (Lipinski definition) is 0. The number of amides is 2. The van der Waals surface area contributed by atoms with Gasteiger partial charge in [-0.2, -0.15) is 79.0 Å². The number of carbonyl (C=O) groups excluding carboxylic acids is 3. The first-order valence-corrected chi connectivity index (χ1v) is 13.3. The fourth-order valence-corrected chi connectivity index (χ4v) is 4.95. The number of nitrogens with zero attached hydrogens (tertiary/aromatic N) is 1.